The SMILES string of the molecule is BC1(Cc2ccc(Cl)cc2)C(=O)Nc2cc(Cl)c(Br)cc21. The molecule has 0 aliphatic carbocycles. The molecule has 0 radical (unpaired) electrons. The van der Waals surface area contributed by atoms with Crippen LogP contribution in [0.3, 0.4) is 0 Å². The Morgan fingerprint density at radius 1 is 1.19 bits per heavy atom. The van der Waals surface area contributed by atoms with E-state index in [1.807, 2.05) is 38.2 Å². The molecule has 106 valence electrons. The Morgan fingerprint density at radius 2 is 1.86 bits per heavy atom. The van der Waals surface area contributed by atoms with Crippen LogP contribution in [0.1, 0.15) is 11.1 Å². The Balaban J connectivity index is 2.03. The predicted octanol–water partition coefficient (Wildman–Crippen LogP) is 3.78. The molecule has 1 unspecified atom stereocenters. The van der Waals surface area contributed by atoms with Crippen LogP contribution in [0.2, 0.25) is 10.0 Å². The number of hydrogen-bond acceptors (Lipinski definition) is 1. The van der Waals surface area contributed by atoms with Crippen LogP contribution in [0.4, 0.5) is 5.69 Å². The Hall–Kier alpha value is -0.965. The van der Waals surface area contributed by atoms with Crippen LogP contribution >= 0.6 is 39.1 Å². The summed E-state index contributed by atoms with van der Waals surface area (Å²) in [6.45, 7) is 0. The van der Waals surface area contributed by atoms with Crippen LogP contribution in [0.25, 0.3) is 0 Å². The van der Waals surface area contributed by atoms with E-state index < -0.39 is 5.31 Å². The van der Waals surface area contributed by atoms with Crippen LogP contribution in [0, 0.1) is 0 Å². The molecule has 1 aliphatic rings. The molecule has 1 amide bonds. The predicted molar refractivity (Wildman–Crippen MR) is 93.2 cm³/mol. The maximum atomic E-state index is 12.5. The molecule has 0 fully saturated rings. The van der Waals surface area contributed by atoms with Crippen LogP contribution in [0.15, 0.2) is 40.9 Å². The fourth-order valence-corrected chi connectivity index (χ4v) is 3.31. The molecule has 2 aromatic carbocycles. The smallest absolute Gasteiger partial charge is 0.227 e. The Labute approximate surface area is 142 Å². The van der Waals surface area contributed by atoms with E-state index in [4.69, 9.17) is 23.2 Å². The summed E-state index contributed by atoms with van der Waals surface area (Å²) in [5, 5.41) is 3.58. The van der Waals surface area contributed by atoms with E-state index in [-0.39, 0.29) is 5.91 Å². The molecule has 0 spiro atoms. The number of carbonyl (C=O) groups is 1. The van der Waals surface area contributed by atoms with E-state index >= 15 is 0 Å². The van der Waals surface area contributed by atoms with Gasteiger partial charge >= 0.3 is 0 Å². The summed E-state index contributed by atoms with van der Waals surface area (Å²) >= 11 is 15.4. The lowest BCUT2D eigenvalue weighted by Crippen LogP contribution is -2.37. The van der Waals surface area contributed by atoms with Gasteiger partial charge in [-0.3, -0.25) is 4.79 Å². The molecule has 1 heterocycles. The number of rotatable bonds is 2. The first kappa shape index (κ1) is 15.0. The van der Waals surface area contributed by atoms with Crippen molar-refractivity contribution >= 4 is 58.6 Å². The van der Waals surface area contributed by atoms with E-state index in [1.165, 1.54) is 0 Å². The summed E-state index contributed by atoms with van der Waals surface area (Å²) in [6, 6.07) is 11.3. The summed E-state index contributed by atoms with van der Waals surface area (Å²) in [5.41, 5.74) is 2.80. The normalized spacial score (nSPS) is 20.2. The van der Waals surface area contributed by atoms with Gasteiger partial charge in [-0.2, -0.15) is 0 Å². The third kappa shape index (κ3) is 2.61. The topological polar surface area (TPSA) is 29.1 Å². The first-order valence-electron chi connectivity index (χ1n) is 6.45. The molecule has 3 rings (SSSR count). The zero-order valence-corrected chi connectivity index (χ0v) is 14.3. The maximum absolute atomic E-state index is 12.5. The standard InChI is InChI=1S/C15H11BBrCl2NO/c16-15(7-8-1-3-9(18)4-2-8)10-5-11(17)12(19)6-13(10)20-14(15)21/h1-6H,7,16H2,(H,20,21). The van der Waals surface area contributed by atoms with Gasteiger partial charge in [-0.15, -0.1) is 0 Å². The van der Waals surface area contributed by atoms with Crippen LogP contribution in [0.5, 0.6) is 0 Å². The van der Waals surface area contributed by atoms with Crippen LogP contribution in [-0.4, -0.2) is 13.8 Å². The molecule has 0 bridgehead atoms. The van der Waals surface area contributed by atoms with Crippen molar-refractivity contribution in [3.63, 3.8) is 0 Å². The molecule has 2 nitrogen and oxygen atoms in total. The van der Waals surface area contributed by atoms with E-state index in [9.17, 15) is 4.79 Å². The molecular formula is C15H11BBrCl2NO. The molecule has 21 heavy (non-hydrogen) atoms. The van der Waals surface area contributed by atoms with Crippen molar-refractivity contribution < 1.29 is 4.79 Å². The lowest BCUT2D eigenvalue weighted by Gasteiger charge is -2.23. The average Bonchev–Trinajstić information content (AvgIpc) is 2.66. The van der Waals surface area contributed by atoms with Crippen molar-refractivity contribution in [2.75, 3.05) is 5.32 Å². The van der Waals surface area contributed by atoms with Crippen molar-refractivity contribution in [3.8, 4) is 0 Å². The molecule has 1 N–H and O–H groups in total. The summed E-state index contributed by atoms with van der Waals surface area (Å²) in [4.78, 5) is 12.5. The van der Waals surface area contributed by atoms with Gasteiger partial charge in [0, 0.05) is 20.5 Å². The fraction of sp³-hybridized carbons (Fsp3) is 0.133. The molecule has 1 atom stereocenters. The van der Waals surface area contributed by atoms with Gasteiger partial charge in [0.05, 0.1) is 5.02 Å². The van der Waals surface area contributed by atoms with Crippen molar-refractivity contribution in [2.45, 2.75) is 11.7 Å². The molecular weight excluding hydrogens is 372 g/mol. The van der Waals surface area contributed by atoms with E-state index in [0.29, 0.717) is 16.5 Å². The molecule has 1 aliphatic heterocycles. The highest BCUT2D eigenvalue weighted by molar-refractivity contribution is 9.10. The van der Waals surface area contributed by atoms with Gasteiger partial charge in [-0.05, 0) is 57.7 Å². The third-order valence-electron chi connectivity index (χ3n) is 3.88. The van der Waals surface area contributed by atoms with Crippen LogP contribution in [-0.2, 0) is 16.5 Å². The van der Waals surface area contributed by atoms with E-state index in [1.54, 1.807) is 6.07 Å². The minimum Gasteiger partial charge on any atom is -0.326 e. The number of nitrogens with one attached hydrogen (secondary N) is 1. The summed E-state index contributed by atoms with van der Waals surface area (Å²) in [5.74, 6) is -0.0124. The van der Waals surface area contributed by atoms with Crippen molar-refractivity contribution in [1.82, 2.24) is 0 Å². The third-order valence-corrected chi connectivity index (χ3v) is 5.32. The molecule has 2 aromatic rings. The molecule has 0 saturated heterocycles. The fourth-order valence-electron chi connectivity index (χ4n) is 2.68. The van der Waals surface area contributed by atoms with Crippen molar-refractivity contribution in [3.05, 3.63) is 62.0 Å². The quantitative estimate of drug-likeness (QED) is 0.787. The van der Waals surface area contributed by atoms with Crippen molar-refractivity contribution in [2.24, 2.45) is 0 Å². The van der Waals surface area contributed by atoms with Gasteiger partial charge in [-0.1, -0.05) is 35.3 Å². The lowest BCUT2D eigenvalue weighted by molar-refractivity contribution is -0.118. The first-order valence-corrected chi connectivity index (χ1v) is 8.00. The average molecular weight is 383 g/mol. The summed E-state index contributed by atoms with van der Waals surface area (Å²) in [6.07, 6.45) is 0.608. The number of carbonyl (C=O) groups excluding carboxylic acids is 1. The monoisotopic (exact) mass is 381 g/mol. The van der Waals surface area contributed by atoms with Gasteiger partial charge in [0.2, 0.25) is 5.91 Å². The minimum absolute atomic E-state index is 0.0124. The van der Waals surface area contributed by atoms with Crippen molar-refractivity contribution in [1.29, 1.82) is 0 Å². The second kappa shape index (κ2) is 5.34. The highest BCUT2D eigenvalue weighted by atomic mass is 79.9. The van der Waals surface area contributed by atoms with Crippen LogP contribution < -0.4 is 5.32 Å². The number of halogens is 3. The van der Waals surface area contributed by atoms with Gasteiger partial charge in [0.15, 0.2) is 0 Å². The summed E-state index contributed by atoms with van der Waals surface area (Å²) in [7, 11) is 1.95. The molecule has 0 aromatic heterocycles. The zero-order chi connectivity index (χ0) is 15.2. The number of fused-ring (bicyclic) bond motifs is 1. The largest absolute Gasteiger partial charge is 0.326 e. The number of benzene rings is 2. The zero-order valence-electron chi connectivity index (χ0n) is 11.2. The van der Waals surface area contributed by atoms with Gasteiger partial charge in [0.25, 0.3) is 0 Å². The highest BCUT2D eigenvalue weighted by Crippen LogP contribution is 2.42. The van der Waals surface area contributed by atoms with E-state index in [0.717, 1.165) is 21.3 Å². The highest BCUT2D eigenvalue weighted by Gasteiger charge is 2.42. The Morgan fingerprint density at radius 3 is 2.52 bits per heavy atom. The Bertz CT molecular complexity index is 735. The molecule has 6 heteroatoms. The number of anilines is 1. The maximum Gasteiger partial charge on any atom is 0.227 e. The summed E-state index contributed by atoms with van der Waals surface area (Å²) < 4.78 is 0.793. The van der Waals surface area contributed by atoms with Gasteiger partial charge in [-0.25, -0.2) is 0 Å². The molecule has 0 saturated carbocycles. The van der Waals surface area contributed by atoms with Gasteiger partial charge < -0.3 is 5.32 Å². The second-order valence-electron chi connectivity index (χ2n) is 5.40. The van der Waals surface area contributed by atoms with Gasteiger partial charge in [0.1, 0.15) is 7.85 Å². The van der Waals surface area contributed by atoms with E-state index in [2.05, 4.69) is 21.2 Å². The number of hydrogen-bond donors (Lipinski definition) is 1. The Kier molecular flexibility index (Phi) is 3.81. The minimum atomic E-state index is -0.615. The number of amides is 1. The lowest BCUT2D eigenvalue weighted by atomic mass is 9.61. The second-order valence-corrected chi connectivity index (χ2v) is 7.10. The first-order chi connectivity index (χ1) is 9.90.